The van der Waals surface area contributed by atoms with Crippen LogP contribution in [0.4, 0.5) is 14.9 Å². The largest absolute Gasteiger partial charge is 0.497 e. The van der Waals surface area contributed by atoms with Crippen molar-refractivity contribution in [2.24, 2.45) is 0 Å². The fraction of sp³-hybridized carbons (Fsp3) is 0.292. The van der Waals surface area contributed by atoms with E-state index in [0.29, 0.717) is 37.3 Å². The lowest BCUT2D eigenvalue weighted by atomic mass is 9.76. The number of ether oxygens (including phenoxy) is 5. The van der Waals surface area contributed by atoms with Gasteiger partial charge in [0.05, 0.1) is 26.5 Å². The first-order valence-corrected chi connectivity index (χ1v) is 19.6. The number of alkyl carbamates (subject to hydrolysis) is 1. The number of rotatable bonds is 10. The highest BCUT2D eigenvalue weighted by Crippen LogP contribution is 2.59. The van der Waals surface area contributed by atoms with Crippen molar-refractivity contribution in [1.82, 2.24) is 5.32 Å². The Bertz CT molecular complexity index is 2450. The zero-order valence-corrected chi connectivity index (χ0v) is 33.4. The van der Waals surface area contributed by atoms with Crippen molar-refractivity contribution in [3.63, 3.8) is 0 Å². The fourth-order valence-electron chi connectivity index (χ4n) is 8.72. The van der Waals surface area contributed by atoms with E-state index in [0.717, 1.165) is 50.2 Å². The van der Waals surface area contributed by atoms with Gasteiger partial charge in [0.25, 0.3) is 0 Å². The first-order valence-electron chi connectivity index (χ1n) is 19.6. The van der Waals surface area contributed by atoms with Crippen molar-refractivity contribution in [1.29, 1.82) is 0 Å². The molecule has 0 spiro atoms. The molecule has 0 aromatic heterocycles. The van der Waals surface area contributed by atoms with Gasteiger partial charge in [-0.2, -0.15) is 0 Å². The molecule has 1 aliphatic carbocycles. The number of piperidine rings is 1. The van der Waals surface area contributed by atoms with E-state index in [1.165, 1.54) is 28.8 Å². The predicted molar refractivity (Wildman–Crippen MR) is 223 cm³/mol. The van der Waals surface area contributed by atoms with Gasteiger partial charge < -0.3 is 33.9 Å². The topological polar surface area (TPSA) is 95.6 Å². The van der Waals surface area contributed by atoms with Gasteiger partial charge in [-0.15, -0.1) is 0 Å². The second-order valence-electron chi connectivity index (χ2n) is 15.6. The average molecular weight is 783 g/mol. The van der Waals surface area contributed by atoms with Crippen LogP contribution >= 0.6 is 0 Å². The van der Waals surface area contributed by atoms with Crippen molar-refractivity contribution in [2.45, 2.75) is 50.7 Å². The van der Waals surface area contributed by atoms with Crippen LogP contribution < -0.4 is 24.4 Å². The molecule has 58 heavy (non-hydrogen) atoms. The highest BCUT2D eigenvalue weighted by molar-refractivity contribution is 6.10. The normalized spacial score (nSPS) is 17.7. The summed E-state index contributed by atoms with van der Waals surface area (Å²) < 4.78 is 44.3. The minimum absolute atomic E-state index is 0.0333. The van der Waals surface area contributed by atoms with Gasteiger partial charge in [0.2, 0.25) is 0 Å². The Morgan fingerprint density at radius 3 is 2.29 bits per heavy atom. The van der Waals surface area contributed by atoms with Crippen molar-refractivity contribution in [3.05, 3.63) is 137 Å². The van der Waals surface area contributed by atoms with Crippen molar-refractivity contribution >= 4 is 34.6 Å². The zero-order chi connectivity index (χ0) is 40.8. The molecule has 0 bridgehead atoms. The molecule has 5 aromatic carbocycles. The SMILES string of the molecule is C=C(C)C(=O)OCCNC(=O)OC1CCN(c2cc3c4c(c5c(c3cc2OC)OC(c2ccc(F)cc2)(c2ccc(OC)cc2)C=C5)C(C)(C)c2ccccc2-4)CC1. The fourth-order valence-corrected chi connectivity index (χ4v) is 8.72. The van der Waals surface area contributed by atoms with E-state index in [9.17, 15) is 14.0 Å². The first-order chi connectivity index (χ1) is 27.9. The lowest BCUT2D eigenvalue weighted by Crippen LogP contribution is -2.40. The van der Waals surface area contributed by atoms with E-state index in [-0.39, 0.29) is 30.5 Å². The molecule has 1 amide bonds. The summed E-state index contributed by atoms with van der Waals surface area (Å²) in [7, 11) is 3.32. The average Bonchev–Trinajstić information content (AvgIpc) is 3.48. The Hall–Kier alpha value is -6.29. The molecule has 5 aromatic rings. The number of halogens is 1. The number of carbonyl (C=O) groups excluding carboxylic acids is 2. The van der Waals surface area contributed by atoms with Crippen LogP contribution in [0.5, 0.6) is 17.2 Å². The van der Waals surface area contributed by atoms with Crippen LogP contribution in [0.2, 0.25) is 0 Å². The molecule has 10 heteroatoms. The maximum absolute atomic E-state index is 14.4. The van der Waals surface area contributed by atoms with Crippen LogP contribution in [0.3, 0.4) is 0 Å². The number of anilines is 1. The quantitative estimate of drug-likeness (QED) is 0.0851. The Labute approximate surface area is 338 Å². The smallest absolute Gasteiger partial charge is 0.407 e. The number of methoxy groups -OCH3 is 2. The Morgan fingerprint density at radius 1 is 0.931 bits per heavy atom. The molecular formula is C48H47FN2O7. The van der Waals surface area contributed by atoms with Gasteiger partial charge in [-0.1, -0.05) is 75.0 Å². The van der Waals surface area contributed by atoms with Crippen molar-refractivity contribution in [3.8, 4) is 28.4 Å². The summed E-state index contributed by atoms with van der Waals surface area (Å²) in [6.07, 6.45) is 4.68. The highest BCUT2D eigenvalue weighted by Gasteiger charge is 2.44. The molecule has 2 aliphatic heterocycles. The summed E-state index contributed by atoms with van der Waals surface area (Å²) in [6, 6.07) is 27.2. The lowest BCUT2D eigenvalue weighted by molar-refractivity contribution is -0.138. The predicted octanol–water partition coefficient (Wildman–Crippen LogP) is 9.47. The summed E-state index contributed by atoms with van der Waals surface area (Å²) >= 11 is 0. The molecule has 1 N–H and O–H groups in total. The number of amides is 1. The van der Waals surface area contributed by atoms with Gasteiger partial charge in [-0.3, -0.25) is 0 Å². The molecule has 9 nitrogen and oxygen atoms in total. The molecular weight excluding hydrogens is 736 g/mol. The zero-order valence-electron chi connectivity index (χ0n) is 33.4. The van der Waals surface area contributed by atoms with Gasteiger partial charge in [-0.05, 0) is 77.0 Å². The van der Waals surface area contributed by atoms with Crippen molar-refractivity contribution < 1.29 is 37.7 Å². The molecule has 0 radical (unpaired) electrons. The van der Waals surface area contributed by atoms with Crippen LogP contribution in [0.1, 0.15) is 61.4 Å². The third-order valence-corrected chi connectivity index (χ3v) is 11.6. The highest BCUT2D eigenvalue weighted by atomic mass is 19.1. The first kappa shape index (κ1) is 38.6. The minimum atomic E-state index is -1.08. The summed E-state index contributed by atoms with van der Waals surface area (Å²) in [5.41, 5.74) is 7.20. The second kappa shape index (κ2) is 15.2. The van der Waals surface area contributed by atoms with Crippen LogP contribution in [0.25, 0.3) is 28.0 Å². The third kappa shape index (κ3) is 6.70. The van der Waals surface area contributed by atoms with E-state index < -0.39 is 17.7 Å². The van der Waals surface area contributed by atoms with E-state index in [2.05, 4.69) is 79.2 Å². The minimum Gasteiger partial charge on any atom is -0.497 e. The van der Waals surface area contributed by atoms with Gasteiger partial charge in [-0.25, -0.2) is 14.0 Å². The van der Waals surface area contributed by atoms with Gasteiger partial charge in [0.15, 0.2) is 5.60 Å². The summed E-state index contributed by atoms with van der Waals surface area (Å²) in [4.78, 5) is 26.5. The molecule has 2 heterocycles. The lowest BCUT2D eigenvalue weighted by Gasteiger charge is -2.39. The Balaban J connectivity index is 1.18. The van der Waals surface area contributed by atoms with E-state index >= 15 is 0 Å². The molecule has 3 aliphatic rings. The molecule has 298 valence electrons. The number of esters is 1. The van der Waals surface area contributed by atoms with Gasteiger partial charge >= 0.3 is 12.1 Å². The summed E-state index contributed by atoms with van der Waals surface area (Å²) in [6.45, 7) is 11.1. The number of benzene rings is 5. The monoisotopic (exact) mass is 782 g/mol. The molecule has 1 saturated heterocycles. The third-order valence-electron chi connectivity index (χ3n) is 11.6. The Morgan fingerprint density at radius 2 is 1.62 bits per heavy atom. The van der Waals surface area contributed by atoms with Gasteiger partial charge in [0.1, 0.15) is 35.8 Å². The van der Waals surface area contributed by atoms with E-state index in [1.54, 1.807) is 33.3 Å². The molecule has 8 rings (SSSR count). The van der Waals surface area contributed by atoms with Crippen LogP contribution in [0, 0.1) is 5.82 Å². The summed E-state index contributed by atoms with van der Waals surface area (Å²) in [5, 5.41) is 4.59. The maximum Gasteiger partial charge on any atom is 0.407 e. The van der Waals surface area contributed by atoms with Gasteiger partial charge in [0, 0.05) is 59.0 Å². The van der Waals surface area contributed by atoms with Crippen LogP contribution in [0.15, 0.2) is 103 Å². The molecule has 0 saturated carbocycles. The van der Waals surface area contributed by atoms with Crippen LogP contribution in [-0.2, 0) is 25.3 Å². The number of carbonyl (C=O) groups is 2. The maximum atomic E-state index is 14.4. The molecule has 1 unspecified atom stereocenters. The summed E-state index contributed by atoms with van der Waals surface area (Å²) in [5.74, 6) is 1.30. The van der Waals surface area contributed by atoms with E-state index in [1.807, 2.05) is 24.3 Å². The number of nitrogens with one attached hydrogen (secondary N) is 1. The number of fused-ring (bicyclic) bond motifs is 8. The Kier molecular flexibility index (Phi) is 10.1. The van der Waals surface area contributed by atoms with Crippen molar-refractivity contribution in [2.75, 3.05) is 45.4 Å². The van der Waals surface area contributed by atoms with E-state index in [4.69, 9.17) is 23.7 Å². The number of hydrogen-bond acceptors (Lipinski definition) is 8. The molecule has 1 fully saturated rings. The number of hydrogen-bond donors (Lipinski definition) is 1. The standard InChI is InChI=1S/C48H47FN2O7/c1-29(2)45(52)56-26-23-50-46(53)57-34-20-24-51(25-21-34)40-27-37-38(28-41(40)55-6)44-36(43-42(37)35-9-7-8-10-39(35)47(43,3)4)19-22-48(58-44,30-11-15-32(49)16-12-30)31-13-17-33(54-5)18-14-31/h7-19,22,27-28,34H,1,20-21,23-26H2,2-6H3,(H,50,53). The molecule has 1 atom stereocenters. The number of nitrogens with zero attached hydrogens (tertiary/aromatic N) is 1. The second-order valence-corrected chi connectivity index (χ2v) is 15.6. The van der Waals surface area contributed by atoms with Crippen LogP contribution in [-0.4, -0.2) is 58.6 Å².